The summed E-state index contributed by atoms with van der Waals surface area (Å²) in [4.78, 5) is 10.2. The van der Waals surface area contributed by atoms with Gasteiger partial charge in [0.1, 0.15) is 6.29 Å². The number of hydrogen-bond acceptors (Lipinski definition) is 1. The van der Waals surface area contributed by atoms with Crippen molar-refractivity contribution in [2.75, 3.05) is 0 Å². The van der Waals surface area contributed by atoms with Crippen LogP contribution in [0.5, 0.6) is 0 Å². The van der Waals surface area contributed by atoms with Crippen molar-refractivity contribution in [2.24, 2.45) is 5.92 Å². The van der Waals surface area contributed by atoms with Gasteiger partial charge in [0.25, 0.3) is 0 Å². The van der Waals surface area contributed by atoms with Gasteiger partial charge in [0.05, 0.1) is 0 Å². The first-order valence-electron chi connectivity index (χ1n) is 2.97. The first-order valence-corrected chi connectivity index (χ1v) is 2.97. The van der Waals surface area contributed by atoms with E-state index in [2.05, 4.69) is 6.58 Å². The molecule has 1 nitrogen and oxygen atoms in total. The monoisotopic (exact) mass is 110 g/mol. The summed E-state index contributed by atoms with van der Waals surface area (Å²) in [7, 11) is 0. The largest absolute Gasteiger partial charge is 0.303 e. The lowest BCUT2D eigenvalue weighted by molar-refractivity contribution is -0.110. The van der Waals surface area contributed by atoms with Gasteiger partial charge >= 0.3 is 0 Å². The van der Waals surface area contributed by atoms with Crippen molar-refractivity contribution in [1.29, 1.82) is 0 Å². The van der Waals surface area contributed by atoms with E-state index in [0.717, 1.165) is 31.1 Å². The molecule has 0 aromatic heterocycles. The van der Waals surface area contributed by atoms with E-state index >= 15 is 0 Å². The molecular formula is C7H10O. The van der Waals surface area contributed by atoms with Crippen molar-refractivity contribution in [3.05, 3.63) is 12.2 Å². The van der Waals surface area contributed by atoms with E-state index in [1.54, 1.807) is 0 Å². The smallest absolute Gasteiger partial charge is 0.127 e. The topological polar surface area (TPSA) is 17.1 Å². The average Bonchev–Trinajstić information content (AvgIpc) is 2.14. The molecule has 0 unspecified atom stereocenters. The maximum Gasteiger partial charge on any atom is 0.127 e. The van der Waals surface area contributed by atoms with Crippen molar-refractivity contribution in [1.82, 2.24) is 0 Å². The summed E-state index contributed by atoms with van der Waals surface area (Å²) in [5.41, 5.74) is 1.13. The third kappa shape index (κ3) is 0.808. The molecule has 0 saturated heterocycles. The standard InChI is InChI=1S/C7H10O/c1-6-3-2-4-7(6)5-8/h5,7H,1-4H2/t7-/m0/s1. The SMILES string of the molecule is C=C1CCC[C@H]1C=O. The van der Waals surface area contributed by atoms with Crippen molar-refractivity contribution in [3.63, 3.8) is 0 Å². The van der Waals surface area contributed by atoms with Crippen LogP contribution in [0.2, 0.25) is 0 Å². The highest BCUT2D eigenvalue weighted by atomic mass is 16.1. The van der Waals surface area contributed by atoms with Crippen molar-refractivity contribution < 1.29 is 4.79 Å². The highest BCUT2D eigenvalue weighted by Crippen LogP contribution is 2.27. The molecule has 0 aromatic rings. The zero-order valence-electron chi connectivity index (χ0n) is 4.89. The van der Waals surface area contributed by atoms with Crippen molar-refractivity contribution >= 4 is 6.29 Å². The Morgan fingerprint density at radius 2 is 2.50 bits per heavy atom. The lowest BCUT2D eigenvalue weighted by Gasteiger charge is -1.96. The summed E-state index contributed by atoms with van der Waals surface area (Å²) < 4.78 is 0. The number of carbonyl (C=O) groups is 1. The van der Waals surface area contributed by atoms with Gasteiger partial charge in [0.2, 0.25) is 0 Å². The van der Waals surface area contributed by atoms with Gasteiger partial charge in [-0.2, -0.15) is 0 Å². The third-order valence-electron chi connectivity index (χ3n) is 1.70. The van der Waals surface area contributed by atoms with E-state index in [4.69, 9.17) is 0 Å². The van der Waals surface area contributed by atoms with Gasteiger partial charge in [-0.15, -0.1) is 0 Å². The molecule has 1 atom stereocenters. The van der Waals surface area contributed by atoms with E-state index in [9.17, 15) is 4.79 Å². The van der Waals surface area contributed by atoms with Crippen molar-refractivity contribution in [3.8, 4) is 0 Å². The summed E-state index contributed by atoms with van der Waals surface area (Å²) in [5, 5.41) is 0. The molecule has 1 fully saturated rings. The second-order valence-electron chi connectivity index (χ2n) is 2.29. The molecule has 0 N–H and O–H groups in total. The zero-order chi connectivity index (χ0) is 5.98. The lowest BCUT2D eigenvalue weighted by Crippen LogP contribution is -1.94. The molecule has 0 aromatic carbocycles. The fourth-order valence-electron chi connectivity index (χ4n) is 1.10. The summed E-state index contributed by atoms with van der Waals surface area (Å²) >= 11 is 0. The summed E-state index contributed by atoms with van der Waals surface area (Å²) in [6.45, 7) is 3.78. The van der Waals surface area contributed by atoms with Crippen molar-refractivity contribution in [2.45, 2.75) is 19.3 Å². The Morgan fingerprint density at radius 3 is 2.75 bits per heavy atom. The Balaban J connectivity index is 2.54. The van der Waals surface area contributed by atoms with Gasteiger partial charge in [0.15, 0.2) is 0 Å². The zero-order valence-corrected chi connectivity index (χ0v) is 4.89. The van der Waals surface area contributed by atoms with E-state index in [1.807, 2.05) is 0 Å². The number of carbonyl (C=O) groups excluding carboxylic acids is 1. The highest BCUT2D eigenvalue weighted by Gasteiger charge is 2.16. The quantitative estimate of drug-likeness (QED) is 0.369. The molecule has 1 rings (SSSR count). The maximum absolute atomic E-state index is 10.2. The summed E-state index contributed by atoms with van der Waals surface area (Å²) in [5.74, 6) is 0.190. The Morgan fingerprint density at radius 1 is 1.75 bits per heavy atom. The van der Waals surface area contributed by atoms with Crippen LogP contribution < -0.4 is 0 Å². The van der Waals surface area contributed by atoms with Crippen LogP contribution in [0.3, 0.4) is 0 Å². The minimum atomic E-state index is 0.190. The van der Waals surface area contributed by atoms with Crippen LogP contribution in [0.1, 0.15) is 19.3 Å². The van der Waals surface area contributed by atoms with Crippen LogP contribution in [0.4, 0.5) is 0 Å². The van der Waals surface area contributed by atoms with Gasteiger partial charge < -0.3 is 4.79 Å². The Hall–Kier alpha value is -0.590. The molecule has 0 bridgehead atoms. The molecule has 0 spiro atoms. The molecule has 44 valence electrons. The molecule has 0 radical (unpaired) electrons. The molecule has 0 heterocycles. The van der Waals surface area contributed by atoms with Gasteiger partial charge in [-0.1, -0.05) is 12.2 Å². The van der Waals surface area contributed by atoms with E-state index in [-0.39, 0.29) is 5.92 Å². The fraction of sp³-hybridized carbons (Fsp3) is 0.571. The Kier molecular flexibility index (Phi) is 1.47. The molecule has 8 heavy (non-hydrogen) atoms. The van der Waals surface area contributed by atoms with E-state index in [1.165, 1.54) is 0 Å². The second-order valence-corrected chi connectivity index (χ2v) is 2.29. The number of hydrogen-bond donors (Lipinski definition) is 0. The third-order valence-corrected chi connectivity index (χ3v) is 1.70. The predicted octanol–water partition coefficient (Wildman–Crippen LogP) is 1.54. The summed E-state index contributed by atoms with van der Waals surface area (Å²) in [6, 6.07) is 0. The van der Waals surface area contributed by atoms with Crippen LogP contribution in [-0.4, -0.2) is 6.29 Å². The molecule has 1 heteroatoms. The molecule has 1 aliphatic carbocycles. The van der Waals surface area contributed by atoms with Crippen LogP contribution in [-0.2, 0) is 4.79 Å². The Bertz CT molecular complexity index is 116. The second kappa shape index (κ2) is 2.12. The van der Waals surface area contributed by atoms with Gasteiger partial charge in [-0.05, 0) is 19.3 Å². The number of rotatable bonds is 1. The minimum Gasteiger partial charge on any atom is -0.303 e. The van der Waals surface area contributed by atoms with Gasteiger partial charge in [0, 0.05) is 5.92 Å². The fourth-order valence-corrected chi connectivity index (χ4v) is 1.10. The normalized spacial score (nSPS) is 28.5. The maximum atomic E-state index is 10.2. The average molecular weight is 110 g/mol. The molecule has 0 aliphatic heterocycles. The first-order chi connectivity index (χ1) is 3.84. The molecule has 0 amide bonds. The van der Waals surface area contributed by atoms with Gasteiger partial charge in [-0.25, -0.2) is 0 Å². The van der Waals surface area contributed by atoms with E-state index in [0.29, 0.717) is 0 Å². The van der Waals surface area contributed by atoms with Crippen LogP contribution in [0.25, 0.3) is 0 Å². The number of aldehydes is 1. The summed E-state index contributed by atoms with van der Waals surface area (Å²) in [6.07, 6.45) is 4.25. The predicted molar refractivity (Wildman–Crippen MR) is 32.5 cm³/mol. The van der Waals surface area contributed by atoms with Crippen LogP contribution in [0, 0.1) is 5.92 Å². The number of allylic oxidation sites excluding steroid dienone is 1. The molecule has 1 saturated carbocycles. The Labute approximate surface area is 49.4 Å². The minimum absolute atomic E-state index is 0.190. The van der Waals surface area contributed by atoms with Gasteiger partial charge in [-0.3, -0.25) is 0 Å². The lowest BCUT2D eigenvalue weighted by atomic mass is 10.1. The first kappa shape index (κ1) is 5.54. The molecule has 1 aliphatic rings. The highest BCUT2D eigenvalue weighted by molar-refractivity contribution is 5.59. The molecular weight excluding hydrogens is 100 g/mol. The van der Waals surface area contributed by atoms with Crippen LogP contribution >= 0.6 is 0 Å². The van der Waals surface area contributed by atoms with Crippen LogP contribution in [0.15, 0.2) is 12.2 Å². The van der Waals surface area contributed by atoms with E-state index < -0.39 is 0 Å².